The summed E-state index contributed by atoms with van der Waals surface area (Å²) in [6, 6.07) is 10.8. The number of halogens is 4. The number of aldehydes is 1. The summed E-state index contributed by atoms with van der Waals surface area (Å²) in [4.78, 5) is 24.0. The number of alkyl halides is 2. The fraction of sp³-hybridized carbons (Fsp3) is 0.200. The second-order valence-corrected chi connectivity index (χ2v) is 7.31. The van der Waals surface area contributed by atoms with E-state index in [9.17, 15) is 27.2 Å². The second kappa shape index (κ2) is 8.28. The van der Waals surface area contributed by atoms with Gasteiger partial charge in [0.1, 0.15) is 11.9 Å². The first kappa shape index (κ1) is 20.3. The molecular formula is C20H15F4NO2S. The highest BCUT2D eigenvalue weighted by Crippen LogP contribution is 2.43. The predicted octanol–water partition coefficient (Wildman–Crippen LogP) is 4.69. The van der Waals surface area contributed by atoms with Gasteiger partial charge in [0.05, 0.1) is 0 Å². The van der Waals surface area contributed by atoms with Gasteiger partial charge in [-0.1, -0.05) is 36.4 Å². The molecule has 1 aliphatic heterocycles. The zero-order valence-electron chi connectivity index (χ0n) is 14.4. The van der Waals surface area contributed by atoms with E-state index in [4.69, 9.17) is 0 Å². The number of benzene rings is 2. The number of carbonyl (C=O) groups is 2. The van der Waals surface area contributed by atoms with Gasteiger partial charge in [0, 0.05) is 18.0 Å². The number of ketones is 1. The number of Topliss-reactive ketones (excluding diaryl/α,β-unsaturated/α-hetero) is 1. The summed E-state index contributed by atoms with van der Waals surface area (Å²) in [5.41, 5.74) is 1.37. The molecule has 0 fully saturated rings. The van der Waals surface area contributed by atoms with Crippen LogP contribution in [0.1, 0.15) is 17.2 Å². The van der Waals surface area contributed by atoms with Crippen molar-refractivity contribution in [2.24, 2.45) is 0 Å². The lowest BCUT2D eigenvalue weighted by atomic mass is 10.0. The number of hydrogen-bond donors (Lipinski definition) is 0. The van der Waals surface area contributed by atoms with Gasteiger partial charge in [-0.15, -0.1) is 0 Å². The molecule has 0 saturated carbocycles. The number of carbonyl (C=O) groups excluding carboxylic acids is 2. The van der Waals surface area contributed by atoms with Gasteiger partial charge in [0.25, 0.3) is 0 Å². The molecule has 3 rings (SSSR count). The molecule has 28 heavy (non-hydrogen) atoms. The average molecular weight is 409 g/mol. The van der Waals surface area contributed by atoms with Crippen LogP contribution in [-0.2, 0) is 16.1 Å². The molecule has 1 unspecified atom stereocenters. The first-order chi connectivity index (χ1) is 13.3. The van der Waals surface area contributed by atoms with Crippen LogP contribution in [0.2, 0.25) is 0 Å². The minimum Gasteiger partial charge on any atom is -0.295 e. The molecule has 0 N–H and O–H groups in total. The summed E-state index contributed by atoms with van der Waals surface area (Å²) in [6.07, 6.45) is 0.827. The Morgan fingerprint density at radius 3 is 2.57 bits per heavy atom. The van der Waals surface area contributed by atoms with Crippen LogP contribution >= 0.6 is 11.8 Å². The van der Waals surface area contributed by atoms with Crippen LogP contribution in [0.3, 0.4) is 0 Å². The third-order valence-electron chi connectivity index (χ3n) is 4.33. The monoisotopic (exact) mass is 409 g/mol. The van der Waals surface area contributed by atoms with Crippen molar-refractivity contribution >= 4 is 23.8 Å². The molecule has 1 heterocycles. The Bertz CT molecular complexity index is 932. The minimum atomic E-state index is -3.97. The number of fused-ring (bicyclic) bond motifs is 1. The Labute approximate surface area is 163 Å². The lowest BCUT2D eigenvalue weighted by Crippen LogP contribution is -2.29. The Hall–Kier alpha value is -2.45. The minimum absolute atomic E-state index is 0.169. The molecule has 0 aromatic heterocycles. The van der Waals surface area contributed by atoms with Crippen molar-refractivity contribution < 1.29 is 27.2 Å². The molecule has 2 aromatic rings. The van der Waals surface area contributed by atoms with Gasteiger partial charge in [0.2, 0.25) is 5.78 Å². The van der Waals surface area contributed by atoms with E-state index in [0.29, 0.717) is 11.6 Å². The summed E-state index contributed by atoms with van der Waals surface area (Å²) < 4.78 is 56.1. The van der Waals surface area contributed by atoms with Crippen molar-refractivity contribution in [2.75, 3.05) is 6.54 Å². The zero-order valence-corrected chi connectivity index (χ0v) is 15.3. The van der Waals surface area contributed by atoms with Gasteiger partial charge < -0.3 is 0 Å². The van der Waals surface area contributed by atoms with Gasteiger partial charge >= 0.3 is 5.25 Å². The van der Waals surface area contributed by atoms with Gasteiger partial charge in [0.15, 0.2) is 12.1 Å². The maximum absolute atomic E-state index is 14.2. The first-order valence-corrected chi connectivity index (χ1v) is 9.13. The standard InChI is InChI=1S/C20H15F4NO2S/c21-15-7-3-4-8-17(15)28-20(23,24)18(22)9-10-25-11-13-5-1-2-6-14(13)19(25)16(27)12-26/h1-9,12,19H,10-11H2. The summed E-state index contributed by atoms with van der Waals surface area (Å²) >= 11 is -0.231. The topological polar surface area (TPSA) is 37.4 Å². The molecule has 0 saturated heterocycles. The lowest BCUT2D eigenvalue weighted by Gasteiger charge is -2.21. The van der Waals surface area contributed by atoms with Crippen molar-refractivity contribution in [3.05, 3.63) is 77.4 Å². The highest BCUT2D eigenvalue weighted by molar-refractivity contribution is 8.00. The summed E-state index contributed by atoms with van der Waals surface area (Å²) in [6.45, 7) is -0.0889. The summed E-state index contributed by atoms with van der Waals surface area (Å²) in [5, 5.41) is -3.97. The van der Waals surface area contributed by atoms with Crippen LogP contribution in [0.5, 0.6) is 0 Å². The second-order valence-electron chi connectivity index (χ2n) is 6.15. The Morgan fingerprint density at radius 1 is 1.18 bits per heavy atom. The fourth-order valence-corrected chi connectivity index (χ4v) is 3.82. The van der Waals surface area contributed by atoms with E-state index < -0.39 is 28.7 Å². The molecule has 1 aliphatic rings. The smallest absolute Gasteiger partial charge is 0.295 e. The van der Waals surface area contributed by atoms with Gasteiger partial charge in [-0.3, -0.25) is 14.5 Å². The van der Waals surface area contributed by atoms with Crippen LogP contribution in [-0.4, -0.2) is 28.8 Å². The SMILES string of the molecule is O=CC(=O)C1c2ccccc2CN1CC=C(F)C(F)(F)Sc1ccccc1F. The highest BCUT2D eigenvalue weighted by atomic mass is 32.2. The Kier molecular flexibility index (Phi) is 6.00. The van der Waals surface area contributed by atoms with Crippen LogP contribution in [0, 0.1) is 5.82 Å². The van der Waals surface area contributed by atoms with Crippen LogP contribution in [0.4, 0.5) is 17.6 Å². The van der Waals surface area contributed by atoms with Crippen molar-refractivity contribution in [3.8, 4) is 0 Å². The summed E-state index contributed by atoms with van der Waals surface area (Å²) in [5.74, 6) is -3.34. The molecule has 1 atom stereocenters. The molecule has 0 bridgehead atoms. The third kappa shape index (κ3) is 4.18. The Morgan fingerprint density at radius 2 is 1.86 bits per heavy atom. The quantitative estimate of drug-likeness (QED) is 0.288. The fourth-order valence-electron chi connectivity index (χ4n) is 3.05. The van der Waals surface area contributed by atoms with E-state index in [-0.39, 0.29) is 36.0 Å². The molecule has 8 heteroatoms. The normalized spacial score (nSPS) is 17.4. The van der Waals surface area contributed by atoms with E-state index >= 15 is 0 Å². The number of hydrogen-bond acceptors (Lipinski definition) is 4. The van der Waals surface area contributed by atoms with Gasteiger partial charge in [-0.2, -0.15) is 8.78 Å². The molecule has 0 aliphatic carbocycles. The third-order valence-corrected chi connectivity index (χ3v) is 5.33. The number of rotatable bonds is 7. The molecular weight excluding hydrogens is 394 g/mol. The van der Waals surface area contributed by atoms with Crippen molar-refractivity contribution in [1.29, 1.82) is 0 Å². The van der Waals surface area contributed by atoms with E-state index in [2.05, 4.69) is 0 Å². The molecule has 0 spiro atoms. The molecule has 2 aromatic carbocycles. The van der Waals surface area contributed by atoms with Crippen LogP contribution in [0.25, 0.3) is 0 Å². The molecule has 0 radical (unpaired) electrons. The number of nitrogens with zero attached hydrogens (tertiary/aromatic N) is 1. The Balaban J connectivity index is 1.77. The van der Waals surface area contributed by atoms with E-state index in [0.717, 1.165) is 17.7 Å². The van der Waals surface area contributed by atoms with E-state index in [1.807, 2.05) is 0 Å². The first-order valence-electron chi connectivity index (χ1n) is 8.32. The predicted molar refractivity (Wildman–Crippen MR) is 97.1 cm³/mol. The van der Waals surface area contributed by atoms with Crippen LogP contribution in [0.15, 0.2) is 65.3 Å². The van der Waals surface area contributed by atoms with E-state index in [1.54, 1.807) is 24.3 Å². The van der Waals surface area contributed by atoms with Gasteiger partial charge in [-0.05, 0) is 41.1 Å². The van der Waals surface area contributed by atoms with Crippen molar-refractivity contribution in [3.63, 3.8) is 0 Å². The van der Waals surface area contributed by atoms with Gasteiger partial charge in [-0.25, -0.2) is 8.78 Å². The molecule has 146 valence electrons. The number of thioether (sulfide) groups is 1. The largest absolute Gasteiger partial charge is 0.349 e. The maximum atomic E-state index is 14.2. The molecule has 3 nitrogen and oxygen atoms in total. The van der Waals surface area contributed by atoms with E-state index in [1.165, 1.54) is 17.0 Å². The zero-order chi connectivity index (χ0) is 20.3. The molecule has 0 amide bonds. The lowest BCUT2D eigenvalue weighted by molar-refractivity contribution is -0.133. The van der Waals surface area contributed by atoms with Crippen molar-refractivity contribution in [1.82, 2.24) is 4.90 Å². The summed E-state index contributed by atoms with van der Waals surface area (Å²) in [7, 11) is 0. The average Bonchev–Trinajstić information content (AvgIpc) is 3.05. The van der Waals surface area contributed by atoms with Crippen LogP contribution < -0.4 is 0 Å². The maximum Gasteiger partial charge on any atom is 0.349 e. The van der Waals surface area contributed by atoms with Crippen molar-refractivity contribution in [2.45, 2.75) is 22.7 Å². The highest BCUT2D eigenvalue weighted by Gasteiger charge is 2.39.